The van der Waals surface area contributed by atoms with E-state index in [4.69, 9.17) is 16.7 Å². The van der Waals surface area contributed by atoms with Gasteiger partial charge in [-0.15, -0.1) is 5.10 Å². The Balaban J connectivity index is 1.36. The number of piperidine rings is 1. The van der Waals surface area contributed by atoms with E-state index in [1.807, 2.05) is 40.9 Å². The quantitative estimate of drug-likeness (QED) is 0.428. The van der Waals surface area contributed by atoms with Crippen molar-refractivity contribution in [3.8, 4) is 16.9 Å². The standard InChI is InChI=1S/C25H22ClFN6O/c1-31-23(15-5-2-6-16(26)11-15)20-13-19-9-4-10-21(22(20)29-31)33(19)25(34)24-28-14-32(30-24)18-8-3-7-17(27)12-18/h2-3,5-8,11-12,14,19,21H,4,9-10,13H2,1H3/t19-,21+/m0/s1. The van der Waals surface area contributed by atoms with Crippen LogP contribution in [-0.2, 0) is 13.5 Å². The topological polar surface area (TPSA) is 68.8 Å². The average Bonchev–Trinajstić information content (AvgIpc) is 3.43. The Labute approximate surface area is 200 Å². The summed E-state index contributed by atoms with van der Waals surface area (Å²) in [6.07, 6.45) is 4.96. The number of rotatable bonds is 3. The monoisotopic (exact) mass is 476 g/mol. The van der Waals surface area contributed by atoms with Gasteiger partial charge in [0.15, 0.2) is 0 Å². The van der Waals surface area contributed by atoms with E-state index in [-0.39, 0.29) is 29.6 Å². The van der Waals surface area contributed by atoms with Gasteiger partial charge in [-0.05, 0) is 56.0 Å². The first-order valence-electron chi connectivity index (χ1n) is 11.3. The van der Waals surface area contributed by atoms with Crippen LogP contribution in [0.2, 0.25) is 5.02 Å². The summed E-state index contributed by atoms with van der Waals surface area (Å²) < 4.78 is 17.0. The van der Waals surface area contributed by atoms with Gasteiger partial charge in [0, 0.05) is 29.2 Å². The fraction of sp³-hybridized carbons (Fsp3) is 0.280. The molecule has 7 nitrogen and oxygen atoms in total. The predicted octanol–water partition coefficient (Wildman–Crippen LogP) is 4.75. The Morgan fingerprint density at radius 3 is 2.79 bits per heavy atom. The maximum atomic E-state index is 13.6. The van der Waals surface area contributed by atoms with Crippen LogP contribution in [0, 0.1) is 5.82 Å². The van der Waals surface area contributed by atoms with Crippen molar-refractivity contribution in [3.63, 3.8) is 0 Å². The van der Waals surface area contributed by atoms with Crippen LogP contribution in [0.4, 0.5) is 4.39 Å². The van der Waals surface area contributed by atoms with E-state index in [1.54, 1.807) is 12.1 Å². The Morgan fingerprint density at radius 2 is 1.97 bits per heavy atom. The third kappa shape index (κ3) is 3.40. The molecule has 2 aliphatic heterocycles. The highest BCUT2D eigenvalue weighted by atomic mass is 35.5. The minimum absolute atomic E-state index is 0.0435. The molecule has 0 N–H and O–H groups in total. The van der Waals surface area contributed by atoms with Crippen molar-refractivity contribution in [2.24, 2.45) is 7.05 Å². The van der Waals surface area contributed by atoms with Crippen LogP contribution >= 0.6 is 11.6 Å². The van der Waals surface area contributed by atoms with Gasteiger partial charge < -0.3 is 4.90 Å². The van der Waals surface area contributed by atoms with Gasteiger partial charge in [0.2, 0.25) is 5.82 Å². The van der Waals surface area contributed by atoms with Crippen molar-refractivity contribution < 1.29 is 9.18 Å². The third-order valence-electron chi connectivity index (χ3n) is 6.76. The van der Waals surface area contributed by atoms with E-state index in [2.05, 4.69) is 10.1 Å². The predicted molar refractivity (Wildman–Crippen MR) is 125 cm³/mol. The number of carbonyl (C=O) groups is 1. The number of aromatic nitrogens is 5. The van der Waals surface area contributed by atoms with E-state index < -0.39 is 0 Å². The normalized spacial score (nSPS) is 19.2. The first-order chi connectivity index (χ1) is 16.5. The maximum absolute atomic E-state index is 13.6. The number of benzene rings is 2. The lowest BCUT2D eigenvalue weighted by atomic mass is 9.81. The summed E-state index contributed by atoms with van der Waals surface area (Å²) in [6.45, 7) is 0. The van der Waals surface area contributed by atoms with Gasteiger partial charge >= 0.3 is 0 Å². The molecule has 0 unspecified atom stereocenters. The van der Waals surface area contributed by atoms with Gasteiger partial charge in [0.25, 0.3) is 5.91 Å². The van der Waals surface area contributed by atoms with E-state index in [0.29, 0.717) is 10.7 Å². The summed E-state index contributed by atoms with van der Waals surface area (Å²) in [5, 5.41) is 9.91. The van der Waals surface area contributed by atoms with Crippen LogP contribution in [0.3, 0.4) is 0 Å². The Kier molecular flexibility index (Phi) is 4.99. The van der Waals surface area contributed by atoms with Crippen LogP contribution < -0.4 is 0 Å². The first kappa shape index (κ1) is 21.0. The lowest BCUT2D eigenvalue weighted by Crippen LogP contribution is -2.50. The van der Waals surface area contributed by atoms with Crippen LogP contribution in [0.25, 0.3) is 16.9 Å². The number of carbonyl (C=O) groups excluding carboxylic acids is 1. The Bertz CT molecular complexity index is 1410. The van der Waals surface area contributed by atoms with Crippen LogP contribution in [-0.4, -0.2) is 41.4 Å². The molecule has 1 fully saturated rings. The molecule has 0 saturated carbocycles. The van der Waals surface area contributed by atoms with E-state index in [0.717, 1.165) is 42.6 Å². The summed E-state index contributed by atoms with van der Waals surface area (Å²) in [5.74, 6) is -0.481. The molecule has 0 radical (unpaired) electrons. The molecule has 2 atom stereocenters. The Hall–Kier alpha value is -3.52. The number of nitrogens with zero attached hydrogens (tertiary/aromatic N) is 6. The zero-order chi connectivity index (χ0) is 23.4. The molecule has 0 spiro atoms. The number of aryl methyl sites for hydroxylation is 1. The molecule has 1 amide bonds. The van der Waals surface area contributed by atoms with Crippen molar-refractivity contribution in [1.29, 1.82) is 0 Å². The molecule has 4 aromatic rings. The van der Waals surface area contributed by atoms with Crippen LogP contribution in [0.15, 0.2) is 54.9 Å². The van der Waals surface area contributed by atoms with Gasteiger partial charge in [-0.3, -0.25) is 9.48 Å². The fourth-order valence-corrected chi connectivity index (χ4v) is 5.56. The van der Waals surface area contributed by atoms with Gasteiger partial charge in [-0.2, -0.15) is 5.10 Å². The second-order valence-corrected chi connectivity index (χ2v) is 9.29. The van der Waals surface area contributed by atoms with Gasteiger partial charge in [0.05, 0.1) is 23.1 Å². The number of hydrogen-bond acceptors (Lipinski definition) is 4. The zero-order valence-electron chi connectivity index (χ0n) is 18.5. The van der Waals surface area contributed by atoms with Crippen molar-refractivity contribution >= 4 is 17.5 Å². The maximum Gasteiger partial charge on any atom is 0.294 e. The van der Waals surface area contributed by atoms with Gasteiger partial charge in [-0.25, -0.2) is 14.1 Å². The smallest absolute Gasteiger partial charge is 0.294 e. The third-order valence-corrected chi connectivity index (χ3v) is 7.00. The molecule has 9 heteroatoms. The summed E-state index contributed by atoms with van der Waals surface area (Å²) in [6, 6.07) is 13.8. The highest BCUT2D eigenvalue weighted by Gasteiger charge is 2.44. The van der Waals surface area contributed by atoms with Gasteiger partial charge in [-0.1, -0.05) is 29.8 Å². The second-order valence-electron chi connectivity index (χ2n) is 8.86. The van der Waals surface area contributed by atoms with E-state index >= 15 is 0 Å². The summed E-state index contributed by atoms with van der Waals surface area (Å²) in [4.78, 5) is 19.8. The molecule has 1 saturated heterocycles. The first-order valence-corrected chi connectivity index (χ1v) is 11.7. The number of halogens is 2. The molecule has 0 aliphatic carbocycles. The molecule has 4 heterocycles. The SMILES string of the molecule is Cn1nc2c(c1-c1cccc(Cl)c1)C[C@@H]1CCC[C@H]2N1C(=O)c1ncn(-c2cccc(F)c2)n1. The van der Waals surface area contributed by atoms with Crippen molar-refractivity contribution in [1.82, 2.24) is 29.4 Å². The average molecular weight is 477 g/mol. The van der Waals surface area contributed by atoms with E-state index in [1.165, 1.54) is 28.7 Å². The summed E-state index contributed by atoms with van der Waals surface area (Å²) in [5.41, 5.74) is 4.71. The zero-order valence-corrected chi connectivity index (χ0v) is 19.3. The molecule has 2 aromatic heterocycles. The number of fused-ring (bicyclic) bond motifs is 4. The minimum atomic E-state index is -0.371. The molecule has 6 rings (SSSR count). The lowest BCUT2D eigenvalue weighted by Gasteiger charge is -2.44. The number of hydrogen-bond donors (Lipinski definition) is 0. The summed E-state index contributed by atoms with van der Waals surface area (Å²) >= 11 is 6.26. The van der Waals surface area contributed by atoms with E-state index in [9.17, 15) is 9.18 Å². The molecule has 2 bridgehead atoms. The molecule has 2 aliphatic rings. The van der Waals surface area contributed by atoms with Crippen molar-refractivity contribution in [2.45, 2.75) is 37.8 Å². The molecule has 172 valence electrons. The van der Waals surface area contributed by atoms with Crippen molar-refractivity contribution in [3.05, 3.63) is 82.8 Å². The highest BCUT2D eigenvalue weighted by Crippen LogP contribution is 2.45. The van der Waals surface area contributed by atoms with Crippen LogP contribution in [0.5, 0.6) is 0 Å². The lowest BCUT2D eigenvalue weighted by molar-refractivity contribution is 0.0379. The summed E-state index contributed by atoms with van der Waals surface area (Å²) in [7, 11) is 1.94. The number of amides is 1. The van der Waals surface area contributed by atoms with Gasteiger partial charge in [0.1, 0.15) is 12.1 Å². The Morgan fingerprint density at radius 1 is 1.12 bits per heavy atom. The molecule has 34 heavy (non-hydrogen) atoms. The molecular weight excluding hydrogens is 455 g/mol. The van der Waals surface area contributed by atoms with Crippen molar-refractivity contribution in [2.75, 3.05) is 0 Å². The highest BCUT2D eigenvalue weighted by molar-refractivity contribution is 6.30. The molecular formula is C25H22ClFN6O. The molecule has 2 aromatic carbocycles. The minimum Gasteiger partial charge on any atom is -0.324 e. The fourth-order valence-electron chi connectivity index (χ4n) is 5.37. The largest absolute Gasteiger partial charge is 0.324 e. The second kappa shape index (κ2) is 8.06. The van der Waals surface area contributed by atoms with Crippen LogP contribution in [0.1, 0.15) is 47.2 Å².